The first-order chi connectivity index (χ1) is 10.1. The molecule has 1 atom stereocenters. The summed E-state index contributed by atoms with van der Waals surface area (Å²) >= 11 is 1.57. The Morgan fingerprint density at radius 2 is 2.10 bits per heavy atom. The van der Waals surface area contributed by atoms with Gasteiger partial charge in [-0.2, -0.15) is 0 Å². The molecule has 2 aromatic heterocycles. The van der Waals surface area contributed by atoms with Gasteiger partial charge in [-0.15, -0.1) is 10.2 Å². The van der Waals surface area contributed by atoms with Gasteiger partial charge in [0.05, 0.1) is 0 Å². The average molecular weight is 303 g/mol. The van der Waals surface area contributed by atoms with Gasteiger partial charge in [-0.3, -0.25) is 0 Å². The normalized spacial score (nSPS) is 13.1. The lowest BCUT2D eigenvalue weighted by molar-refractivity contribution is -0.431. The number of nitrogens with one attached hydrogen (secondary N) is 1. The quantitative estimate of drug-likeness (QED) is 0.710. The summed E-state index contributed by atoms with van der Waals surface area (Å²) < 4.78 is 5.69. The van der Waals surface area contributed by atoms with E-state index in [9.17, 15) is 0 Å². The molecule has 0 saturated heterocycles. The number of para-hydroxylation sites is 1. The van der Waals surface area contributed by atoms with Crippen LogP contribution in [-0.2, 0) is 6.42 Å². The molecule has 0 amide bonds. The number of benzene rings is 1. The van der Waals surface area contributed by atoms with Crippen molar-refractivity contribution >= 4 is 22.7 Å². The molecule has 0 aliphatic rings. The second-order valence-electron chi connectivity index (χ2n) is 5.33. The Morgan fingerprint density at radius 3 is 2.90 bits per heavy atom. The Bertz CT molecular complexity index is 734. The SMILES string of the molecule is CC(C)Sc1nnc(C([NH3+])Cc2c[nH]c3ccccc23)o1. The number of thioether (sulfide) groups is 1. The molecule has 21 heavy (non-hydrogen) atoms. The summed E-state index contributed by atoms with van der Waals surface area (Å²) in [5, 5.41) is 10.5. The zero-order valence-corrected chi connectivity index (χ0v) is 13.0. The maximum Gasteiger partial charge on any atom is 0.277 e. The average Bonchev–Trinajstić information content (AvgIpc) is 3.06. The molecule has 6 heteroatoms. The van der Waals surface area contributed by atoms with E-state index in [1.54, 1.807) is 11.8 Å². The molecule has 2 heterocycles. The number of hydrogen-bond acceptors (Lipinski definition) is 4. The highest BCUT2D eigenvalue weighted by atomic mass is 32.2. The van der Waals surface area contributed by atoms with Crippen LogP contribution in [0.15, 0.2) is 40.1 Å². The molecule has 1 aromatic carbocycles. The van der Waals surface area contributed by atoms with E-state index < -0.39 is 0 Å². The second kappa shape index (κ2) is 5.91. The van der Waals surface area contributed by atoms with Crippen LogP contribution >= 0.6 is 11.8 Å². The predicted octanol–water partition coefficient (Wildman–Crippen LogP) is 2.58. The second-order valence-corrected chi connectivity index (χ2v) is 6.86. The molecular weight excluding hydrogens is 284 g/mol. The monoisotopic (exact) mass is 303 g/mol. The van der Waals surface area contributed by atoms with E-state index >= 15 is 0 Å². The number of rotatable bonds is 5. The van der Waals surface area contributed by atoms with Gasteiger partial charge in [0, 0.05) is 28.8 Å². The molecule has 0 fully saturated rings. The first kappa shape index (κ1) is 14.2. The zero-order valence-electron chi connectivity index (χ0n) is 12.2. The number of H-pyrrole nitrogens is 1. The molecule has 5 nitrogen and oxygen atoms in total. The van der Waals surface area contributed by atoms with Gasteiger partial charge in [-0.05, 0) is 11.6 Å². The van der Waals surface area contributed by atoms with Crippen LogP contribution in [0.5, 0.6) is 0 Å². The largest absolute Gasteiger partial charge is 0.410 e. The Labute approximate surface area is 127 Å². The van der Waals surface area contributed by atoms with Crippen molar-refractivity contribution in [1.29, 1.82) is 0 Å². The van der Waals surface area contributed by atoms with Crippen LogP contribution in [0.1, 0.15) is 31.3 Å². The highest BCUT2D eigenvalue weighted by Crippen LogP contribution is 2.25. The summed E-state index contributed by atoms with van der Waals surface area (Å²) in [6.45, 7) is 4.20. The summed E-state index contributed by atoms with van der Waals surface area (Å²) in [6, 6.07) is 8.21. The van der Waals surface area contributed by atoms with Crippen molar-refractivity contribution in [3.63, 3.8) is 0 Å². The fraction of sp³-hybridized carbons (Fsp3) is 0.333. The number of nitrogens with zero attached hydrogens (tertiary/aromatic N) is 2. The molecule has 0 aliphatic carbocycles. The minimum Gasteiger partial charge on any atom is -0.410 e. The Morgan fingerprint density at radius 1 is 1.29 bits per heavy atom. The molecule has 110 valence electrons. The van der Waals surface area contributed by atoms with E-state index in [1.807, 2.05) is 18.3 Å². The van der Waals surface area contributed by atoms with Gasteiger partial charge in [0.2, 0.25) is 0 Å². The van der Waals surface area contributed by atoms with Crippen LogP contribution in [0.25, 0.3) is 10.9 Å². The van der Waals surface area contributed by atoms with Gasteiger partial charge in [-0.25, -0.2) is 0 Å². The van der Waals surface area contributed by atoms with Crippen molar-refractivity contribution in [3.8, 4) is 0 Å². The van der Waals surface area contributed by atoms with Gasteiger partial charge in [0.25, 0.3) is 11.1 Å². The van der Waals surface area contributed by atoms with Crippen LogP contribution in [0.2, 0.25) is 0 Å². The van der Waals surface area contributed by atoms with Gasteiger partial charge in [0.15, 0.2) is 6.04 Å². The van der Waals surface area contributed by atoms with E-state index in [0.717, 1.165) is 11.9 Å². The van der Waals surface area contributed by atoms with Crippen molar-refractivity contribution in [2.75, 3.05) is 0 Å². The Balaban J connectivity index is 1.76. The number of hydrogen-bond donors (Lipinski definition) is 2. The Hall–Kier alpha value is -1.79. The van der Waals surface area contributed by atoms with E-state index in [2.05, 4.69) is 46.9 Å². The van der Waals surface area contributed by atoms with Crippen LogP contribution in [0, 0.1) is 0 Å². The van der Waals surface area contributed by atoms with E-state index in [-0.39, 0.29) is 6.04 Å². The van der Waals surface area contributed by atoms with E-state index in [1.165, 1.54) is 10.9 Å². The molecule has 3 rings (SSSR count). The van der Waals surface area contributed by atoms with Crippen LogP contribution in [0.4, 0.5) is 0 Å². The fourth-order valence-electron chi connectivity index (χ4n) is 2.29. The maximum absolute atomic E-state index is 5.69. The lowest BCUT2D eigenvalue weighted by Crippen LogP contribution is -2.54. The highest BCUT2D eigenvalue weighted by Gasteiger charge is 2.20. The summed E-state index contributed by atoms with van der Waals surface area (Å²) in [7, 11) is 0. The zero-order chi connectivity index (χ0) is 14.8. The minimum atomic E-state index is -0.0433. The Kier molecular flexibility index (Phi) is 3.98. The molecule has 4 N–H and O–H groups in total. The summed E-state index contributed by atoms with van der Waals surface area (Å²) in [5.41, 5.74) is 6.53. The van der Waals surface area contributed by atoms with Crippen molar-refractivity contribution in [3.05, 3.63) is 41.9 Å². The van der Waals surface area contributed by atoms with Crippen LogP contribution in [-0.4, -0.2) is 20.4 Å². The lowest BCUT2D eigenvalue weighted by Gasteiger charge is -2.03. The highest BCUT2D eigenvalue weighted by molar-refractivity contribution is 7.99. The van der Waals surface area contributed by atoms with Crippen molar-refractivity contribution in [1.82, 2.24) is 15.2 Å². The molecule has 3 aromatic rings. The molecule has 0 radical (unpaired) electrons. The van der Waals surface area contributed by atoms with Gasteiger partial charge >= 0.3 is 0 Å². The van der Waals surface area contributed by atoms with Crippen molar-refractivity contribution in [2.24, 2.45) is 0 Å². The van der Waals surface area contributed by atoms with E-state index in [4.69, 9.17) is 4.42 Å². The van der Waals surface area contributed by atoms with Crippen LogP contribution < -0.4 is 5.73 Å². The van der Waals surface area contributed by atoms with Gasteiger partial charge in [0.1, 0.15) is 0 Å². The standard InChI is InChI=1S/C15H18N4OS/c1-9(2)21-15-19-18-14(20-15)12(16)7-10-8-17-13-6-4-3-5-11(10)13/h3-6,8-9,12,17H,7,16H2,1-2H3/p+1. The molecule has 0 aliphatic heterocycles. The van der Waals surface area contributed by atoms with Crippen molar-refractivity contribution in [2.45, 2.75) is 36.8 Å². The van der Waals surface area contributed by atoms with Crippen molar-refractivity contribution < 1.29 is 10.2 Å². The van der Waals surface area contributed by atoms with E-state index in [0.29, 0.717) is 16.4 Å². The summed E-state index contributed by atoms with van der Waals surface area (Å²) in [5.74, 6) is 0.600. The molecule has 0 bridgehead atoms. The minimum absolute atomic E-state index is 0.0433. The lowest BCUT2D eigenvalue weighted by atomic mass is 10.1. The van der Waals surface area contributed by atoms with Crippen LogP contribution in [0.3, 0.4) is 0 Å². The number of aromatic nitrogens is 3. The number of quaternary nitrogens is 1. The fourth-order valence-corrected chi connectivity index (χ4v) is 2.91. The summed E-state index contributed by atoms with van der Waals surface area (Å²) in [4.78, 5) is 3.28. The maximum atomic E-state index is 5.69. The summed E-state index contributed by atoms with van der Waals surface area (Å²) in [6.07, 6.45) is 2.81. The first-order valence-corrected chi connectivity index (χ1v) is 7.89. The molecule has 1 unspecified atom stereocenters. The van der Waals surface area contributed by atoms with Gasteiger partial charge < -0.3 is 15.1 Å². The smallest absolute Gasteiger partial charge is 0.277 e. The molecule has 0 spiro atoms. The number of aromatic amines is 1. The third kappa shape index (κ3) is 3.11. The third-order valence-electron chi connectivity index (χ3n) is 3.25. The van der Waals surface area contributed by atoms with Gasteiger partial charge in [-0.1, -0.05) is 43.8 Å². The molecular formula is C15H19N4OS+. The number of fused-ring (bicyclic) bond motifs is 1. The predicted molar refractivity (Wildman–Crippen MR) is 82.9 cm³/mol. The first-order valence-electron chi connectivity index (χ1n) is 7.01. The topological polar surface area (TPSA) is 82.4 Å². The molecule has 0 saturated carbocycles. The third-order valence-corrected chi connectivity index (χ3v) is 4.09.